The van der Waals surface area contributed by atoms with Gasteiger partial charge in [0.1, 0.15) is 0 Å². The minimum atomic E-state index is 0.331. The molecule has 0 radical (unpaired) electrons. The third-order valence-electron chi connectivity index (χ3n) is 5.77. The first-order chi connectivity index (χ1) is 9.12. The van der Waals surface area contributed by atoms with E-state index in [-0.39, 0.29) is 0 Å². The zero-order chi connectivity index (χ0) is 13.2. The molecule has 0 bridgehead atoms. The maximum absolute atomic E-state index is 2.56. The number of rotatable bonds is 0. The molecule has 4 rings (SSSR count). The smallest absolute Gasteiger partial charge is 0.0204 e. The fraction of sp³-hybridized carbons (Fsp3) is 0.529. The van der Waals surface area contributed by atoms with Gasteiger partial charge < -0.3 is 0 Å². The van der Waals surface area contributed by atoms with Crippen LogP contribution in [0, 0.1) is 5.41 Å². The molecule has 1 fully saturated rings. The average molecular weight is 271 g/mol. The number of likely N-dealkylation sites (N-methyl/N-ethyl adjacent to an activating group) is 1. The predicted octanol–water partition coefficient (Wildman–Crippen LogP) is 3.91. The summed E-state index contributed by atoms with van der Waals surface area (Å²) in [5.41, 5.74) is 3.54. The van der Waals surface area contributed by atoms with Gasteiger partial charge in [-0.25, -0.2) is 0 Å². The van der Waals surface area contributed by atoms with Crippen molar-refractivity contribution in [3.8, 4) is 0 Å². The highest BCUT2D eigenvalue weighted by molar-refractivity contribution is 8.00. The van der Waals surface area contributed by atoms with Crippen LogP contribution in [0.4, 0.5) is 0 Å². The van der Waals surface area contributed by atoms with Gasteiger partial charge in [0.15, 0.2) is 0 Å². The summed E-state index contributed by atoms with van der Waals surface area (Å²) in [7, 11) is 2.30. The van der Waals surface area contributed by atoms with Gasteiger partial charge in [-0.15, -0.1) is 11.8 Å². The van der Waals surface area contributed by atoms with E-state index in [9.17, 15) is 0 Å². The second-order valence-electron chi connectivity index (χ2n) is 6.53. The molecule has 1 aromatic rings. The van der Waals surface area contributed by atoms with Gasteiger partial charge in [0.25, 0.3) is 0 Å². The maximum Gasteiger partial charge on any atom is 0.0204 e. The summed E-state index contributed by atoms with van der Waals surface area (Å²) in [5, 5.41) is 0.774. The van der Waals surface area contributed by atoms with Crippen LogP contribution in [0.15, 0.2) is 40.8 Å². The SMILES string of the molecule is CC1=CCN(C)C2CC3Sc4ccccc4C3C12C. The van der Waals surface area contributed by atoms with Gasteiger partial charge in [-0.05, 0) is 32.0 Å². The standard InChI is InChI=1S/C17H21NS/c1-11-8-9-18(3)15-10-14-16(17(11,15)2)12-6-4-5-7-13(12)19-14/h4-8,14-16H,9-10H2,1-3H3. The Morgan fingerprint density at radius 3 is 2.95 bits per heavy atom. The molecule has 100 valence electrons. The van der Waals surface area contributed by atoms with E-state index in [0.29, 0.717) is 17.4 Å². The van der Waals surface area contributed by atoms with Crippen LogP contribution >= 0.6 is 11.8 Å². The van der Waals surface area contributed by atoms with Crippen molar-refractivity contribution in [1.82, 2.24) is 4.90 Å². The van der Waals surface area contributed by atoms with Gasteiger partial charge in [0.2, 0.25) is 0 Å². The molecule has 2 heterocycles. The fourth-order valence-electron chi connectivity index (χ4n) is 4.62. The van der Waals surface area contributed by atoms with Crippen molar-refractivity contribution in [2.24, 2.45) is 5.41 Å². The van der Waals surface area contributed by atoms with E-state index in [1.54, 1.807) is 11.1 Å². The molecule has 0 N–H and O–H groups in total. The second kappa shape index (κ2) is 3.89. The lowest BCUT2D eigenvalue weighted by atomic mass is 9.67. The Balaban J connectivity index is 1.88. The molecule has 1 saturated carbocycles. The summed E-state index contributed by atoms with van der Waals surface area (Å²) in [5.74, 6) is 0.706. The number of thioether (sulfide) groups is 1. The number of benzene rings is 1. The normalized spacial score (nSPS) is 40.6. The second-order valence-corrected chi connectivity index (χ2v) is 7.81. The molecule has 0 saturated heterocycles. The molecule has 4 atom stereocenters. The van der Waals surface area contributed by atoms with Crippen LogP contribution in [0.2, 0.25) is 0 Å². The number of hydrogen-bond donors (Lipinski definition) is 0. The van der Waals surface area contributed by atoms with Crippen molar-refractivity contribution < 1.29 is 0 Å². The molecule has 3 aliphatic rings. The molecule has 0 amide bonds. The van der Waals surface area contributed by atoms with E-state index in [1.165, 1.54) is 11.3 Å². The predicted molar refractivity (Wildman–Crippen MR) is 81.7 cm³/mol. The minimum absolute atomic E-state index is 0.331. The van der Waals surface area contributed by atoms with Crippen molar-refractivity contribution in [3.05, 3.63) is 41.5 Å². The van der Waals surface area contributed by atoms with Crippen LogP contribution in [-0.2, 0) is 0 Å². The van der Waals surface area contributed by atoms with Crippen molar-refractivity contribution in [3.63, 3.8) is 0 Å². The Hall–Kier alpha value is -0.730. The van der Waals surface area contributed by atoms with Crippen molar-refractivity contribution in [2.75, 3.05) is 13.6 Å². The highest BCUT2D eigenvalue weighted by Crippen LogP contribution is 2.64. The van der Waals surface area contributed by atoms with Crippen LogP contribution in [-0.4, -0.2) is 29.8 Å². The van der Waals surface area contributed by atoms with Crippen LogP contribution in [0.5, 0.6) is 0 Å². The molecular weight excluding hydrogens is 250 g/mol. The summed E-state index contributed by atoms with van der Waals surface area (Å²) in [6.45, 7) is 5.98. The molecular formula is C17H21NS. The zero-order valence-corrected chi connectivity index (χ0v) is 12.7. The molecule has 0 spiro atoms. The summed E-state index contributed by atoms with van der Waals surface area (Å²) in [4.78, 5) is 4.09. The topological polar surface area (TPSA) is 3.24 Å². The molecule has 1 nitrogen and oxygen atoms in total. The first-order valence-electron chi connectivity index (χ1n) is 7.25. The third kappa shape index (κ3) is 1.42. The van der Waals surface area contributed by atoms with E-state index in [1.807, 2.05) is 0 Å². The van der Waals surface area contributed by atoms with E-state index in [4.69, 9.17) is 0 Å². The van der Waals surface area contributed by atoms with Crippen LogP contribution in [0.3, 0.4) is 0 Å². The molecule has 1 aromatic carbocycles. The van der Waals surface area contributed by atoms with Gasteiger partial charge in [-0.1, -0.05) is 36.8 Å². The lowest BCUT2D eigenvalue weighted by Crippen LogP contribution is -2.47. The first kappa shape index (κ1) is 12.0. The van der Waals surface area contributed by atoms with Gasteiger partial charge in [-0.3, -0.25) is 4.90 Å². The Bertz CT molecular complexity index is 564. The van der Waals surface area contributed by atoms with E-state index >= 15 is 0 Å². The summed E-state index contributed by atoms with van der Waals surface area (Å²) >= 11 is 2.12. The summed E-state index contributed by atoms with van der Waals surface area (Å²) in [6.07, 6.45) is 3.78. The van der Waals surface area contributed by atoms with Crippen LogP contribution in [0.1, 0.15) is 31.7 Å². The van der Waals surface area contributed by atoms with Gasteiger partial charge in [-0.2, -0.15) is 0 Å². The highest BCUT2D eigenvalue weighted by Gasteiger charge is 2.58. The van der Waals surface area contributed by atoms with E-state index in [0.717, 1.165) is 11.8 Å². The number of hydrogen-bond acceptors (Lipinski definition) is 2. The summed E-state index contributed by atoms with van der Waals surface area (Å²) in [6, 6.07) is 9.78. The van der Waals surface area contributed by atoms with Crippen molar-refractivity contribution in [1.29, 1.82) is 0 Å². The van der Waals surface area contributed by atoms with Crippen molar-refractivity contribution >= 4 is 11.8 Å². The van der Waals surface area contributed by atoms with Crippen molar-refractivity contribution in [2.45, 2.75) is 42.4 Å². The Morgan fingerprint density at radius 2 is 2.11 bits per heavy atom. The molecule has 2 aliphatic heterocycles. The monoisotopic (exact) mass is 271 g/mol. The number of nitrogens with zero attached hydrogens (tertiary/aromatic N) is 1. The quantitative estimate of drug-likeness (QED) is 0.658. The Labute approximate surface area is 120 Å². The molecule has 4 unspecified atom stereocenters. The van der Waals surface area contributed by atoms with Crippen LogP contribution in [0.25, 0.3) is 0 Å². The lowest BCUT2D eigenvalue weighted by molar-refractivity contribution is 0.139. The molecule has 1 aliphatic carbocycles. The highest BCUT2D eigenvalue weighted by atomic mass is 32.2. The Morgan fingerprint density at radius 1 is 1.32 bits per heavy atom. The van der Waals surface area contributed by atoms with E-state index < -0.39 is 0 Å². The van der Waals surface area contributed by atoms with Gasteiger partial charge in [0.05, 0.1) is 0 Å². The molecule has 2 heteroatoms. The lowest BCUT2D eigenvalue weighted by Gasteiger charge is -2.45. The molecule has 0 aromatic heterocycles. The maximum atomic E-state index is 2.56. The number of fused-ring (bicyclic) bond motifs is 5. The minimum Gasteiger partial charge on any atom is -0.299 e. The van der Waals surface area contributed by atoms with Gasteiger partial charge in [0, 0.05) is 34.1 Å². The largest absolute Gasteiger partial charge is 0.299 e. The average Bonchev–Trinajstić information content (AvgIpc) is 2.90. The fourth-order valence-corrected chi connectivity index (χ4v) is 6.27. The van der Waals surface area contributed by atoms with Gasteiger partial charge >= 0.3 is 0 Å². The molecule has 19 heavy (non-hydrogen) atoms. The zero-order valence-electron chi connectivity index (χ0n) is 11.9. The summed E-state index contributed by atoms with van der Waals surface area (Å²) < 4.78 is 0. The van der Waals surface area contributed by atoms with E-state index in [2.05, 4.69) is 67.9 Å². The third-order valence-corrected chi connectivity index (χ3v) is 7.16. The Kier molecular flexibility index (Phi) is 2.47. The van der Waals surface area contributed by atoms with Crippen LogP contribution < -0.4 is 0 Å². The first-order valence-corrected chi connectivity index (χ1v) is 8.13.